The number of nitrogen functional groups attached to an aromatic ring is 1. The van der Waals surface area contributed by atoms with Crippen molar-refractivity contribution in [3.63, 3.8) is 0 Å². The lowest BCUT2D eigenvalue weighted by molar-refractivity contribution is 0.514. The van der Waals surface area contributed by atoms with E-state index in [-0.39, 0.29) is 0 Å². The molecule has 2 aromatic rings. The molecule has 0 aliphatic heterocycles. The van der Waals surface area contributed by atoms with E-state index >= 15 is 0 Å². The molecule has 1 aliphatic carbocycles. The second-order valence-electron chi connectivity index (χ2n) is 5.38. The van der Waals surface area contributed by atoms with Crippen LogP contribution in [-0.2, 0) is 13.6 Å². The third-order valence-corrected chi connectivity index (χ3v) is 4.10. The summed E-state index contributed by atoms with van der Waals surface area (Å²) < 4.78 is 2.24. The zero-order valence-electron chi connectivity index (χ0n) is 10.9. The molecule has 1 heterocycles. The lowest BCUT2D eigenvalue weighted by Crippen LogP contribution is -2.26. The van der Waals surface area contributed by atoms with Gasteiger partial charge in [-0.3, -0.25) is 0 Å². The van der Waals surface area contributed by atoms with Gasteiger partial charge in [0, 0.05) is 36.4 Å². The Morgan fingerprint density at radius 1 is 1.28 bits per heavy atom. The lowest BCUT2D eigenvalue weighted by Gasteiger charge is -2.12. The Balaban J connectivity index is 1.81. The molecule has 0 atom stereocenters. The Morgan fingerprint density at radius 3 is 2.83 bits per heavy atom. The Kier molecular flexibility index (Phi) is 3.00. The van der Waals surface area contributed by atoms with Crippen LogP contribution in [0.2, 0.25) is 0 Å². The minimum Gasteiger partial charge on any atom is -0.399 e. The van der Waals surface area contributed by atoms with Gasteiger partial charge in [-0.05, 0) is 31.0 Å². The average Bonchev–Trinajstić information content (AvgIpc) is 2.97. The first-order valence-corrected chi connectivity index (χ1v) is 6.81. The molecule has 3 heteroatoms. The van der Waals surface area contributed by atoms with Crippen LogP contribution in [0.1, 0.15) is 31.4 Å². The van der Waals surface area contributed by atoms with Gasteiger partial charge in [-0.25, -0.2) is 0 Å². The van der Waals surface area contributed by atoms with E-state index in [1.165, 1.54) is 42.3 Å². The first kappa shape index (κ1) is 11.6. The van der Waals surface area contributed by atoms with Crippen LogP contribution in [0.15, 0.2) is 24.3 Å². The van der Waals surface area contributed by atoms with E-state index in [1.807, 2.05) is 6.07 Å². The molecule has 1 aromatic heterocycles. The van der Waals surface area contributed by atoms with E-state index in [0.717, 1.165) is 12.2 Å². The highest BCUT2D eigenvalue weighted by molar-refractivity contribution is 5.84. The smallest absolute Gasteiger partial charge is 0.0500 e. The highest BCUT2D eigenvalue weighted by Gasteiger charge is 2.15. The summed E-state index contributed by atoms with van der Waals surface area (Å²) >= 11 is 0. The number of nitrogens with two attached hydrogens (primary N) is 1. The summed E-state index contributed by atoms with van der Waals surface area (Å²) in [5.74, 6) is 0. The van der Waals surface area contributed by atoms with Gasteiger partial charge in [-0.1, -0.05) is 18.9 Å². The van der Waals surface area contributed by atoms with Crippen molar-refractivity contribution in [2.45, 2.75) is 38.3 Å². The molecule has 0 bridgehead atoms. The van der Waals surface area contributed by atoms with Gasteiger partial charge >= 0.3 is 0 Å². The Bertz CT molecular complexity index is 550. The second-order valence-corrected chi connectivity index (χ2v) is 5.38. The Morgan fingerprint density at radius 2 is 2.06 bits per heavy atom. The van der Waals surface area contributed by atoms with Crippen LogP contribution in [-0.4, -0.2) is 10.6 Å². The third-order valence-electron chi connectivity index (χ3n) is 4.10. The van der Waals surface area contributed by atoms with Gasteiger partial charge in [-0.2, -0.15) is 0 Å². The molecule has 3 rings (SSSR count). The number of aromatic nitrogens is 1. The molecule has 18 heavy (non-hydrogen) atoms. The zero-order valence-corrected chi connectivity index (χ0v) is 10.9. The number of hydrogen-bond donors (Lipinski definition) is 2. The molecule has 3 N–H and O–H groups in total. The predicted molar refractivity (Wildman–Crippen MR) is 76.4 cm³/mol. The molecular weight excluding hydrogens is 222 g/mol. The SMILES string of the molecule is Cn1c(CNC2CCCC2)cc2ccc(N)cc21. The number of anilines is 1. The van der Waals surface area contributed by atoms with Gasteiger partial charge in [0.2, 0.25) is 0 Å². The van der Waals surface area contributed by atoms with Crippen LogP contribution < -0.4 is 11.1 Å². The second kappa shape index (κ2) is 4.65. The first-order valence-electron chi connectivity index (χ1n) is 6.81. The summed E-state index contributed by atoms with van der Waals surface area (Å²) in [5.41, 5.74) is 9.24. The fraction of sp³-hybridized carbons (Fsp3) is 0.467. The number of nitrogens with one attached hydrogen (secondary N) is 1. The van der Waals surface area contributed by atoms with Gasteiger partial charge in [0.05, 0.1) is 5.52 Å². The number of nitrogens with zero attached hydrogens (tertiary/aromatic N) is 1. The normalized spacial score (nSPS) is 16.7. The topological polar surface area (TPSA) is 43.0 Å². The number of rotatable bonds is 3. The Hall–Kier alpha value is -1.48. The van der Waals surface area contributed by atoms with Crippen molar-refractivity contribution >= 4 is 16.6 Å². The van der Waals surface area contributed by atoms with Gasteiger partial charge < -0.3 is 15.6 Å². The van der Waals surface area contributed by atoms with Crippen molar-refractivity contribution in [2.24, 2.45) is 7.05 Å². The molecule has 0 unspecified atom stereocenters. The van der Waals surface area contributed by atoms with E-state index in [0.29, 0.717) is 6.04 Å². The van der Waals surface area contributed by atoms with Crippen molar-refractivity contribution in [3.8, 4) is 0 Å². The van der Waals surface area contributed by atoms with Crippen LogP contribution in [0.3, 0.4) is 0 Å². The van der Waals surface area contributed by atoms with Gasteiger partial charge in [0.15, 0.2) is 0 Å². The van der Waals surface area contributed by atoms with Crippen LogP contribution in [0.25, 0.3) is 10.9 Å². The number of aryl methyl sites for hydroxylation is 1. The van der Waals surface area contributed by atoms with E-state index in [9.17, 15) is 0 Å². The summed E-state index contributed by atoms with van der Waals surface area (Å²) in [4.78, 5) is 0. The number of fused-ring (bicyclic) bond motifs is 1. The molecular formula is C15H21N3. The Labute approximate surface area is 108 Å². The van der Waals surface area contributed by atoms with Crippen molar-refractivity contribution in [1.82, 2.24) is 9.88 Å². The molecule has 96 valence electrons. The number of hydrogen-bond acceptors (Lipinski definition) is 2. The number of benzene rings is 1. The zero-order chi connectivity index (χ0) is 12.5. The molecule has 0 saturated heterocycles. The highest BCUT2D eigenvalue weighted by atomic mass is 15.0. The predicted octanol–water partition coefficient (Wildman–Crippen LogP) is 2.79. The maximum atomic E-state index is 5.85. The van der Waals surface area contributed by atoms with E-state index < -0.39 is 0 Å². The van der Waals surface area contributed by atoms with Gasteiger partial charge in [-0.15, -0.1) is 0 Å². The third kappa shape index (κ3) is 2.10. The summed E-state index contributed by atoms with van der Waals surface area (Å²) in [7, 11) is 2.12. The maximum absolute atomic E-state index is 5.85. The molecule has 1 saturated carbocycles. The fourth-order valence-electron chi connectivity index (χ4n) is 2.95. The largest absolute Gasteiger partial charge is 0.399 e. The molecule has 1 aliphatic rings. The van der Waals surface area contributed by atoms with Crippen molar-refractivity contribution in [2.75, 3.05) is 5.73 Å². The monoisotopic (exact) mass is 243 g/mol. The fourth-order valence-corrected chi connectivity index (χ4v) is 2.95. The van der Waals surface area contributed by atoms with Crippen molar-refractivity contribution in [3.05, 3.63) is 30.0 Å². The van der Waals surface area contributed by atoms with Crippen LogP contribution in [0.5, 0.6) is 0 Å². The van der Waals surface area contributed by atoms with Crippen molar-refractivity contribution in [1.29, 1.82) is 0 Å². The van der Waals surface area contributed by atoms with Crippen LogP contribution in [0.4, 0.5) is 5.69 Å². The van der Waals surface area contributed by atoms with Crippen LogP contribution >= 0.6 is 0 Å². The lowest BCUT2D eigenvalue weighted by atomic mass is 10.2. The minimum atomic E-state index is 0.716. The quantitative estimate of drug-likeness (QED) is 0.814. The van der Waals surface area contributed by atoms with Gasteiger partial charge in [0.25, 0.3) is 0 Å². The average molecular weight is 243 g/mol. The molecule has 1 aromatic carbocycles. The highest BCUT2D eigenvalue weighted by Crippen LogP contribution is 2.22. The van der Waals surface area contributed by atoms with Gasteiger partial charge in [0.1, 0.15) is 0 Å². The molecule has 0 radical (unpaired) electrons. The molecule has 3 nitrogen and oxygen atoms in total. The van der Waals surface area contributed by atoms with Crippen molar-refractivity contribution < 1.29 is 0 Å². The molecule has 0 amide bonds. The van der Waals surface area contributed by atoms with Crippen LogP contribution in [0, 0.1) is 0 Å². The van der Waals surface area contributed by atoms with E-state index in [1.54, 1.807) is 0 Å². The standard InChI is InChI=1S/C15H21N3/c1-18-14(10-17-13-4-2-3-5-13)8-11-6-7-12(16)9-15(11)18/h6-9,13,17H,2-5,10,16H2,1H3. The summed E-state index contributed by atoms with van der Waals surface area (Å²) in [6, 6.07) is 9.10. The molecule has 0 spiro atoms. The van der Waals surface area contributed by atoms with E-state index in [4.69, 9.17) is 5.73 Å². The summed E-state index contributed by atoms with van der Waals surface area (Å²) in [5, 5.41) is 4.94. The minimum absolute atomic E-state index is 0.716. The van der Waals surface area contributed by atoms with E-state index in [2.05, 4.69) is 35.1 Å². The summed E-state index contributed by atoms with van der Waals surface area (Å²) in [6.45, 7) is 0.954. The summed E-state index contributed by atoms with van der Waals surface area (Å²) in [6.07, 6.45) is 5.42. The first-order chi connectivity index (χ1) is 8.74. The molecule has 1 fully saturated rings. The maximum Gasteiger partial charge on any atom is 0.0500 e.